The standard InChI is InChI=1S/C16H29N3O2/c1-5-14(2)19(10-12-21-4)16-15(7-6-8-18-16)13-17-9-11-20-3/h6-8,14,17H,5,9-13H2,1-4H3. The Balaban J connectivity index is 2.80. The van der Waals surface area contributed by atoms with Gasteiger partial charge in [-0.25, -0.2) is 4.98 Å². The van der Waals surface area contributed by atoms with Crippen LogP contribution in [0, 0.1) is 0 Å². The molecule has 0 fully saturated rings. The first-order valence-electron chi connectivity index (χ1n) is 7.63. The van der Waals surface area contributed by atoms with E-state index >= 15 is 0 Å². The number of nitrogens with one attached hydrogen (secondary N) is 1. The first-order valence-corrected chi connectivity index (χ1v) is 7.63. The molecule has 0 radical (unpaired) electrons. The van der Waals surface area contributed by atoms with Crippen molar-refractivity contribution in [1.82, 2.24) is 10.3 Å². The third-order valence-corrected chi connectivity index (χ3v) is 3.60. The number of rotatable bonds is 11. The van der Waals surface area contributed by atoms with E-state index in [4.69, 9.17) is 9.47 Å². The van der Waals surface area contributed by atoms with E-state index < -0.39 is 0 Å². The van der Waals surface area contributed by atoms with E-state index in [0.717, 1.165) is 31.9 Å². The Hall–Kier alpha value is -1.17. The Bertz CT molecular complexity index is 388. The van der Waals surface area contributed by atoms with Crippen LogP contribution in [0.5, 0.6) is 0 Å². The minimum absolute atomic E-state index is 0.438. The molecule has 1 aromatic heterocycles. The SMILES string of the molecule is CCC(C)N(CCOC)c1ncccc1CNCCOC. The lowest BCUT2D eigenvalue weighted by Gasteiger charge is -2.31. The molecule has 0 aliphatic rings. The molecule has 1 rings (SSSR count). The van der Waals surface area contributed by atoms with Gasteiger partial charge in [-0.15, -0.1) is 0 Å². The molecule has 1 heterocycles. The van der Waals surface area contributed by atoms with Crippen LogP contribution in [0.1, 0.15) is 25.8 Å². The van der Waals surface area contributed by atoms with Gasteiger partial charge in [-0.05, 0) is 19.4 Å². The molecule has 0 amide bonds. The third-order valence-electron chi connectivity index (χ3n) is 3.60. The highest BCUT2D eigenvalue weighted by atomic mass is 16.5. The van der Waals surface area contributed by atoms with Gasteiger partial charge in [-0.3, -0.25) is 0 Å². The summed E-state index contributed by atoms with van der Waals surface area (Å²) in [5, 5.41) is 3.39. The number of aromatic nitrogens is 1. The summed E-state index contributed by atoms with van der Waals surface area (Å²) in [7, 11) is 3.45. The van der Waals surface area contributed by atoms with Gasteiger partial charge in [0.25, 0.3) is 0 Å². The average molecular weight is 295 g/mol. The molecule has 1 aromatic rings. The van der Waals surface area contributed by atoms with Gasteiger partial charge in [0, 0.05) is 51.7 Å². The molecule has 1 N–H and O–H groups in total. The molecule has 1 atom stereocenters. The molecule has 5 nitrogen and oxygen atoms in total. The van der Waals surface area contributed by atoms with Gasteiger partial charge in [0.1, 0.15) is 5.82 Å². The Morgan fingerprint density at radius 1 is 1.29 bits per heavy atom. The molecule has 120 valence electrons. The predicted octanol–water partition coefficient (Wildman–Crippen LogP) is 2.07. The third kappa shape index (κ3) is 5.99. The smallest absolute Gasteiger partial charge is 0.133 e. The molecule has 0 saturated carbocycles. The molecule has 0 aromatic carbocycles. The van der Waals surface area contributed by atoms with Gasteiger partial charge in [-0.1, -0.05) is 13.0 Å². The Labute approximate surface area is 128 Å². The van der Waals surface area contributed by atoms with Crippen LogP contribution in [0.15, 0.2) is 18.3 Å². The van der Waals surface area contributed by atoms with Gasteiger partial charge in [0.2, 0.25) is 0 Å². The molecule has 5 heteroatoms. The van der Waals surface area contributed by atoms with E-state index in [2.05, 4.69) is 35.1 Å². The van der Waals surface area contributed by atoms with Gasteiger partial charge in [-0.2, -0.15) is 0 Å². The van der Waals surface area contributed by atoms with Crippen LogP contribution in [0.3, 0.4) is 0 Å². The number of anilines is 1. The first-order chi connectivity index (χ1) is 10.2. The molecule has 0 spiro atoms. The lowest BCUT2D eigenvalue weighted by atomic mass is 10.1. The van der Waals surface area contributed by atoms with Crippen molar-refractivity contribution in [2.24, 2.45) is 0 Å². The fourth-order valence-electron chi connectivity index (χ4n) is 2.17. The van der Waals surface area contributed by atoms with Gasteiger partial charge >= 0.3 is 0 Å². The van der Waals surface area contributed by atoms with Gasteiger partial charge < -0.3 is 19.7 Å². The van der Waals surface area contributed by atoms with Crippen LogP contribution in [0.25, 0.3) is 0 Å². The zero-order valence-corrected chi connectivity index (χ0v) is 13.8. The summed E-state index contributed by atoms with van der Waals surface area (Å²) < 4.78 is 10.3. The quantitative estimate of drug-likeness (QED) is 0.633. The number of nitrogens with zero attached hydrogens (tertiary/aromatic N) is 2. The molecular weight excluding hydrogens is 266 g/mol. The molecular formula is C16H29N3O2. The van der Waals surface area contributed by atoms with Crippen molar-refractivity contribution in [3.63, 3.8) is 0 Å². The highest BCUT2D eigenvalue weighted by Crippen LogP contribution is 2.20. The topological polar surface area (TPSA) is 46.6 Å². The van der Waals surface area contributed by atoms with Crippen molar-refractivity contribution < 1.29 is 9.47 Å². The van der Waals surface area contributed by atoms with Crippen molar-refractivity contribution >= 4 is 5.82 Å². The number of ether oxygens (including phenoxy) is 2. The highest BCUT2D eigenvalue weighted by Gasteiger charge is 2.17. The minimum Gasteiger partial charge on any atom is -0.383 e. The lowest BCUT2D eigenvalue weighted by Crippen LogP contribution is -2.37. The largest absolute Gasteiger partial charge is 0.383 e. The number of methoxy groups -OCH3 is 2. The molecule has 0 bridgehead atoms. The van der Waals surface area contributed by atoms with E-state index in [-0.39, 0.29) is 0 Å². The summed E-state index contributed by atoms with van der Waals surface area (Å²) in [6.07, 6.45) is 2.94. The maximum atomic E-state index is 5.24. The summed E-state index contributed by atoms with van der Waals surface area (Å²) in [5.74, 6) is 1.05. The van der Waals surface area contributed by atoms with Crippen LogP contribution < -0.4 is 10.2 Å². The summed E-state index contributed by atoms with van der Waals surface area (Å²) in [5.41, 5.74) is 1.21. The Morgan fingerprint density at radius 3 is 2.71 bits per heavy atom. The molecule has 1 unspecified atom stereocenters. The maximum Gasteiger partial charge on any atom is 0.133 e. The van der Waals surface area contributed by atoms with E-state index in [0.29, 0.717) is 19.3 Å². The number of hydrogen-bond acceptors (Lipinski definition) is 5. The van der Waals surface area contributed by atoms with Crippen molar-refractivity contribution in [1.29, 1.82) is 0 Å². The van der Waals surface area contributed by atoms with Crippen LogP contribution in [0.2, 0.25) is 0 Å². The van der Waals surface area contributed by atoms with Crippen LogP contribution in [0.4, 0.5) is 5.82 Å². The summed E-state index contributed by atoms with van der Waals surface area (Å²) in [6.45, 7) is 8.34. The molecule has 21 heavy (non-hydrogen) atoms. The van der Waals surface area contributed by atoms with Gasteiger partial charge in [0.05, 0.1) is 13.2 Å². The van der Waals surface area contributed by atoms with E-state index in [1.54, 1.807) is 14.2 Å². The second-order valence-electron chi connectivity index (χ2n) is 5.10. The summed E-state index contributed by atoms with van der Waals surface area (Å²) >= 11 is 0. The van der Waals surface area contributed by atoms with Crippen molar-refractivity contribution in [2.45, 2.75) is 32.9 Å². The minimum atomic E-state index is 0.438. The Morgan fingerprint density at radius 2 is 2.05 bits per heavy atom. The summed E-state index contributed by atoms with van der Waals surface area (Å²) in [4.78, 5) is 6.93. The molecule has 0 saturated heterocycles. The van der Waals surface area contributed by atoms with Crippen LogP contribution >= 0.6 is 0 Å². The van der Waals surface area contributed by atoms with Crippen molar-refractivity contribution in [3.05, 3.63) is 23.9 Å². The van der Waals surface area contributed by atoms with Gasteiger partial charge in [0.15, 0.2) is 0 Å². The number of hydrogen-bond donors (Lipinski definition) is 1. The fraction of sp³-hybridized carbons (Fsp3) is 0.688. The average Bonchev–Trinajstić information content (AvgIpc) is 2.52. The van der Waals surface area contributed by atoms with Crippen molar-refractivity contribution in [2.75, 3.05) is 45.4 Å². The molecule has 0 aliphatic carbocycles. The second-order valence-corrected chi connectivity index (χ2v) is 5.10. The molecule has 0 aliphatic heterocycles. The number of pyridine rings is 1. The van der Waals surface area contributed by atoms with Crippen LogP contribution in [-0.2, 0) is 16.0 Å². The fourth-order valence-corrected chi connectivity index (χ4v) is 2.17. The maximum absolute atomic E-state index is 5.24. The van der Waals surface area contributed by atoms with Crippen molar-refractivity contribution in [3.8, 4) is 0 Å². The summed E-state index contributed by atoms with van der Waals surface area (Å²) in [6, 6.07) is 4.56. The zero-order valence-electron chi connectivity index (χ0n) is 13.8. The van der Waals surface area contributed by atoms with E-state index in [1.807, 2.05) is 12.3 Å². The van der Waals surface area contributed by atoms with E-state index in [9.17, 15) is 0 Å². The second kappa shape index (κ2) is 10.5. The first kappa shape index (κ1) is 17.9. The highest BCUT2D eigenvalue weighted by molar-refractivity contribution is 5.47. The van der Waals surface area contributed by atoms with E-state index in [1.165, 1.54) is 5.56 Å². The zero-order chi connectivity index (χ0) is 15.5. The lowest BCUT2D eigenvalue weighted by molar-refractivity contribution is 0.199. The monoisotopic (exact) mass is 295 g/mol. The Kier molecular flexibility index (Phi) is 8.98. The predicted molar refractivity (Wildman–Crippen MR) is 86.8 cm³/mol. The van der Waals surface area contributed by atoms with Crippen LogP contribution in [-0.4, -0.2) is 51.5 Å². The normalized spacial score (nSPS) is 12.4.